The van der Waals surface area contributed by atoms with Gasteiger partial charge in [0.1, 0.15) is 5.76 Å². The number of hydrogen-bond acceptors (Lipinski definition) is 2. The highest BCUT2D eigenvalue weighted by molar-refractivity contribution is 5.18. The van der Waals surface area contributed by atoms with Gasteiger partial charge in [-0.1, -0.05) is 6.08 Å². The minimum atomic E-state index is 0.206. The number of aliphatic hydroxyl groups excluding tert-OH is 1. The Bertz CT molecular complexity index is 159. The fourth-order valence-electron chi connectivity index (χ4n) is 0.978. The van der Waals surface area contributed by atoms with Gasteiger partial charge >= 0.3 is 0 Å². The SMILES string of the molecule is COC1=CC(CO)CC=C1. The summed E-state index contributed by atoms with van der Waals surface area (Å²) in [4.78, 5) is 0. The van der Waals surface area contributed by atoms with Crippen LogP contribution in [0.3, 0.4) is 0 Å². The molecule has 0 aromatic rings. The zero-order valence-electron chi connectivity index (χ0n) is 6.08. The topological polar surface area (TPSA) is 29.5 Å². The predicted molar refractivity (Wildman–Crippen MR) is 39.4 cm³/mol. The molecule has 0 saturated carbocycles. The Morgan fingerprint density at radius 3 is 3.20 bits per heavy atom. The van der Waals surface area contributed by atoms with E-state index in [2.05, 4.69) is 0 Å². The van der Waals surface area contributed by atoms with Crippen LogP contribution in [0.1, 0.15) is 6.42 Å². The summed E-state index contributed by atoms with van der Waals surface area (Å²) in [6.07, 6.45) is 6.80. The lowest BCUT2D eigenvalue weighted by Gasteiger charge is -2.12. The molecular weight excluding hydrogens is 128 g/mol. The average molecular weight is 140 g/mol. The molecule has 0 radical (unpaired) electrons. The van der Waals surface area contributed by atoms with Crippen molar-refractivity contribution >= 4 is 0 Å². The quantitative estimate of drug-likeness (QED) is 0.622. The van der Waals surface area contributed by atoms with E-state index in [1.165, 1.54) is 0 Å². The van der Waals surface area contributed by atoms with Crippen LogP contribution in [-0.2, 0) is 4.74 Å². The van der Waals surface area contributed by atoms with Crippen molar-refractivity contribution in [3.8, 4) is 0 Å². The Hall–Kier alpha value is -0.760. The zero-order valence-corrected chi connectivity index (χ0v) is 6.08. The number of hydrogen-bond donors (Lipinski definition) is 1. The molecule has 0 bridgehead atoms. The summed E-state index contributed by atoms with van der Waals surface area (Å²) in [5, 5.41) is 8.77. The normalized spacial score (nSPS) is 24.2. The minimum absolute atomic E-state index is 0.206. The summed E-state index contributed by atoms with van der Waals surface area (Å²) in [6.45, 7) is 0.206. The molecule has 0 spiro atoms. The van der Waals surface area contributed by atoms with Gasteiger partial charge in [0.25, 0.3) is 0 Å². The number of aliphatic hydroxyl groups is 1. The molecule has 1 unspecified atom stereocenters. The first-order valence-electron chi connectivity index (χ1n) is 3.40. The molecule has 0 saturated heterocycles. The smallest absolute Gasteiger partial charge is 0.114 e. The molecule has 56 valence electrons. The third-order valence-electron chi connectivity index (χ3n) is 1.59. The summed E-state index contributed by atoms with van der Waals surface area (Å²) in [6, 6.07) is 0. The first-order chi connectivity index (χ1) is 4.86. The number of methoxy groups -OCH3 is 1. The Labute approximate surface area is 60.8 Å². The standard InChI is InChI=1S/C8H12O2/c1-10-8-4-2-3-7(5-8)6-9/h2,4-5,7,9H,3,6H2,1H3. The van der Waals surface area contributed by atoms with E-state index in [-0.39, 0.29) is 12.5 Å². The largest absolute Gasteiger partial charge is 0.497 e. The average Bonchev–Trinajstić information content (AvgIpc) is 2.05. The van der Waals surface area contributed by atoms with Crippen LogP contribution in [0.15, 0.2) is 24.0 Å². The second kappa shape index (κ2) is 3.42. The van der Waals surface area contributed by atoms with Gasteiger partial charge in [0.05, 0.1) is 7.11 Å². The van der Waals surface area contributed by atoms with Crippen molar-refractivity contribution < 1.29 is 9.84 Å². The van der Waals surface area contributed by atoms with Crippen LogP contribution >= 0.6 is 0 Å². The van der Waals surface area contributed by atoms with Crippen LogP contribution in [0.5, 0.6) is 0 Å². The molecule has 1 aliphatic carbocycles. The molecule has 0 aliphatic heterocycles. The third kappa shape index (κ3) is 1.61. The molecule has 0 aromatic heterocycles. The maximum atomic E-state index is 8.77. The van der Waals surface area contributed by atoms with Crippen LogP contribution in [0.2, 0.25) is 0 Å². The van der Waals surface area contributed by atoms with Crippen molar-refractivity contribution in [3.05, 3.63) is 24.0 Å². The monoisotopic (exact) mass is 140 g/mol. The molecule has 1 aliphatic rings. The van der Waals surface area contributed by atoms with Gasteiger partial charge in [-0.05, 0) is 18.6 Å². The lowest BCUT2D eigenvalue weighted by atomic mass is 10.0. The van der Waals surface area contributed by atoms with Crippen molar-refractivity contribution in [2.45, 2.75) is 6.42 Å². The first kappa shape index (κ1) is 7.35. The van der Waals surface area contributed by atoms with Gasteiger partial charge in [0, 0.05) is 12.5 Å². The van der Waals surface area contributed by atoms with Crippen molar-refractivity contribution in [1.29, 1.82) is 0 Å². The fourth-order valence-corrected chi connectivity index (χ4v) is 0.978. The van der Waals surface area contributed by atoms with Crippen molar-refractivity contribution in [1.82, 2.24) is 0 Å². The van der Waals surface area contributed by atoms with E-state index in [0.29, 0.717) is 0 Å². The zero-order chi connectivity index (χ0) is 7.40. The van der Waals surface area contributed by atoms with Crippen LogP contribution in [-0.4, -0.2) is 18.8 Å². The van der Waals surface area contributed by atoms with E-state index < -0.39 is 0 Å². The van der Waals surface area contributed by atoms with E-state index in [4.69, 9.17) is 9.84 Å². The van der Waals surface area contributed by atoms with E-state index in [9.17, 15) is 0 Å². The van der Waals surface area contributed by atoms with E-state index >= 15 is 0 Å². The molecular formula is C8H12O2. The highest BCUT2D eigenvalue weighted by Gasteiger charge is 2.06. The second-order valence-corrected chi connectivity index (χ2v) is 2.35. The van der Waals surface area contributed by atoms with E-state index in [1.807, 2.05) is 18.2 Å². The molecule has 2 heteroatoms. The lowest BCUT2D eigenvalue weighted by molar-refractivity contribution is 0.242. The van der Waals surface area contributed by atoms with E-state index in [1.54, 1.807) is 7.11 Å². The number of allylic oxidation sites excluding steroid dienone is 2. The summed E-state index contributed by atoms with van der Waals surface area (Å²) in [5.74, 6) is 1.10. The molecule has 10 heavy (non-hydrogen) atoms. The van der Waals surface area contributed by atoms with Crippen LogP contribution < -0.4 is 0 Å². The van der Waals surface area contributed by atoms with Crippen LogP contribution in [0, 0.1) is 5.92 Å². The third-order valence-corrected chi connectivity index (χ3v) is 1.59. The second-order valence-electron chi connectivity index (χ2n) is 2.35. The minimum Gasteiger partial charge on any atom is -0.497 e. The first-order valence-corrected chi connectivity index (χ1v) is 3.40. The molecule has 1 N–H and O–H groups in total. The number of rotatable bonds is 2. The molecule has 0 heterocycles. The van der Waals surface area contributed by atoms with Crippen molar-refractivity contribution in [2.24, 2.45) is 5.92 Å². The fraction of sp³-hybridized carbons (Fsp3) is 0.500. The molecule has 1 atom stereocenters. The van der Waals surface area contributed by atoms with Gasteiger partial charge in [0.2, 0.25) is 0 Å². The summed E-state index contributed by atoms with van der Waals surface area (Å²) >= 11 is 0. The number of ether oxygens (including phenoxy) is 1. The lowest BCUT2D eigenvalue weighted by Crippen LogP contribution is -2.05. The van der Waals surface area contributed by atoms with Crippen LogP contribution in [0.25, 0.3) is 0 Å². The molecule has 1 rings (SSSR count). The van der Waals surface area contributed by atoms with Gasteiger partial charge in [-0.25, -0.2) is 0 Å². The molecule has 0 fully saturated rings. The highest BCUT2D eigenvalue weighted by atomic mass is 16.5. The Morgan fingerprint density at radius 2 is 2.60 bits per heavy atom. The van der Waals surface area contributed by atoms with Crippen molar-refractivity contribution in [3.63, 3.8) is 0 Å². The Balaban J connectivity index is 2.56. The van der Waals surface area contributed by atoms with Gasteiger partial charge in [-0.15, -0.1) is 0 Å². The van der Waals surface area contributed by atoms with E-state index in [0.717, 1.165) is 12.2 Å². The Morgan fingerprint density at radius 1 is 1.80 bits per heavy atom. The van der Waals surface area contributed by atoms with Crippen LogP contribution in [0.4, 0.5) is 0 Å². The predicted octanol–water partition coefficient (Wildman–Crippen LogP) is 1.09. The maximum Gasteiger partial charge on any atom is 0.114 e. The van der Waals surface area contributed by atoms with Crippen molar-refractivity contribution in [2.75, 3.05) is 13.7 Å². The molecule has 0 aromatic carbocycles. The van der Waals surface area contributed by atoms with Gasteiger partial charge in [0.15, 0.2) is 0 Å². The van der Waals surface area contributed by atoms with Gasteiger partial charge in [-0.3, -0.25) is 0 Å². The molecule has 2 nitrogen and oxygen atoms in total. The van der Waals surface area contributed by atoms with Gasteiger partial charge < -0.3 is 9.84 Å². The summed E-state index contributed by atoms with van der Waals surface area (Å²) in [5.41, 5.74) is 0. The highest BCUT2D eigenvalue weighted by Crippen LogP contribution is 2.15. The molecule has 0 amide bonds. The van der Waals surface area contributed by atoms with Gasteiger partial charge in [-0.2, -0.15) is 0 Å². The Kier molecular flexibility index (Phi) is 2.51. The maximum absolute atomic E-state index is 8.77. The summed E-state index contributed by atoms with van der Waals surface area (Å²) in [7, 11) is 1.63. The summed E-state index contributed by atoms with van der Waals surface area (Å²) < 4.78 is 4.99.